The third kappa shape index (κ3) is 12.6. The van der Waals surface area contributed by atoms with E-state index in [1.54, 1.807) is 24.3 Å². The number of carbonyl (C=O) groups is 5. The van der Waals surface area contributed by atoms with Crippen molar-refractivity contribution in [3.05, 3.63) is 59.1 Å². The summed E-state index contributed by atoms with van der Waals surface area (Å²) in [5.74, 6) is -4.01. The van der Waals surface area contributed by atoms with Gasteiger partial charge in [-0.2, -0.15) is 0 Å². The highest BCUT2D eigenvalue weighted by Gasteiger charge is 2.45. The normalized spacial score (nSPS) is 14.5. The van der Waals surface area contributed by atoms with E-state index in [0.717, 1.165) is 31.7 Å². The van der Waals surface area contributed by atoms with Crippen LogP contribution < -0.4 is 10.6 Å². The summed E-state index contributed by atoms with van der Waals surface area (Å²) >= 11 is 6.31. The molecule has 11 nitrogen and oxygen atoms in total. The summed E-state index contributed by atoms with van der Waals surface area (Å²) in [7, 11) is -3.45. The van der Waals surface area contributed by atoms with Crippen LogP contribution in [-0.2, 0) is 35.6 Å². The molecule has 0 radical (unpaired) electrons. The van der Waals surface area contributed by atoms with E-state index >= 15 is 0 Å². The number of ketones is 1. The SMILES string of the molecule is CCCCCCCCCCCCS(=O)(=O)CC(C)C(=O)Nc1ccc(Cl)c(NC(=O)C(C(C)=O)N2C(=O)CN(Cc3ccccc3)C2=O)c1. The molecule has 0 saturated carbocycles. The first-order chi connectivity index (χ1) is 23.3. The van der Waals surface area contributed by atoms with E-state index in [4.69, 9.17) is 11.6 Å². The van der Waals surface area contributed by atoms with E-state index in [-0.39, 0.29) is 41.0 Å². The highest BCUT2D eigenvalue weighted by atomic mass is 35.5. The number of unbranched alkanes of at least 4 members (excludes halogenated alkanes) is 9. The lowest BCUT2D eigenvalue weighted by molar-refractivity contribution is -0.138. The molecule has 2 unspecified atom stereocenters. The van der Waals surface area contributed by atoms with Gasteiger partial charge in [-0.05, 0) is 37.1 Å². The molecule has 2 aromatic carbocycles. The molecular weight excluding hydrogens is 668 g/mol. The molecule has 2 aromatic rings. The Kier molecular flexibility index (Phi) is 15.7. The van der Waals surface area contributed by atoms with Crippen LogP contribution in [0.2, 0.25) is 5.02 Å². The summed E-state index contributed by atoms with van der Waals surface area (Å²) in [5, 5.41) is 5.24. The van der Waals surface area contributed by atoms with E-state index in [1.807, 2.05) is 6.07 Å². The van der Waals surface area contributed by atoms with Crippen LogP contribution in [0.5, 0.6) is 0 Å². The minimum absolute atomic E-state index is 0.0252. The topological polar surface area (TPSA) is 150 Å². The minimum atomic E-state index is -3.45. The van der Waals surface area contributed by atoms with Crippen LogP contribution >= 0.6 is 11.6 Å². The third-order valence-corrected chi connectivity index (χ3v) is 10.7. The number of anilines is 2. The van der Waals surface area contributed by atoms with E-state index in [2.05, 4.69) is 17.6 Å². The molecule has 0 aromatic heterocycles. The molecule has 2 atom stereocenters. The van der Waals surface area contributed by atoms with Gasteiger partial charge >= 0.3 is 6.03 Å². The molecule has 0 bridgehead atoms. The van der Waals surface area contributed by atoms with Gasteiger partial charge in [0.15, 0.2) is 21.7 Å². The number of halogens is 1. The maximum atomic E-state index is 13.3. The summed E-state index contributed by atoms with van der Waals surface area (Å²) in [6, 6.07) is 10.7. The number of hydrogen-bond donors (Lipinski definition) is 2. The third-order valence-electron chi connectivity index (χ3n) is 8.43. The fraction of sp³-hybridized carbons (Fsp3) is 0.528. The number of rotatable bonds is 21. The molecule has 0 aliphatic carbocycles. The van der Waals surface area contributed by atoms with Gasteiger partial charge in [-0.3, -0.25) is 19.2 Å². The Morgan fingerprint density at radius 3 is 2.08 bits per heavy atom. The highest BCUT2D eigenvalue weighted by molar-refractivity contribution is 7.91. The van der Waals surface area contributed by atoms with Gasteiger partial charge in [-0.15, -0.1) is 0 Å². The van der Waals surface area contributed by atoms with E-state index < -0.39 is 51.3 Å². The Bertz CT molecular complexity index is 1570. The largest absolute Gasteiger partial charge is 0.328 e. The van der Waals surface area contributed by atoms with Gasteiger partial charge in [0.1, 0.15) is 6.54 Å². The van der Waals surface area contributed by atoms with Crippen molar-refractivity contribution in [2.75, 3.05) is 28.7 Å². The lowest BCUT2D eigenvalue weighted by Gasteiger charge is -2.24. The zero-order valence-electron chi connectivity index (χ0n) is 28.7. The van der Waals surface area contributed by atoms with Crippen molar-refractivity contribution < 1.29 is 32.4 Å². The number of amides is 5. The van der Waals surface area contributed by atoms with Crippen molar-refractivity contribution in [2.24, 2.45) is 5.92 Å². The van der Waals surface area contributed by atoms with E-state index in [1.165, 1.54) is 68.5 Å². The number of nitrogens with zero attached hydrogens (tertiary/aromatic N) is 2. The molecule has 0 spiro atoms. The fourth-order valence-electron chi connectivity index (χ4n) is 5.75. The van der Waals surface area contributed by atoms with Crippen LogP contribution in [0.1, 0.15) is 90.5 Å². The average Bonchev–Trinajstić information content (AvgIpc) is 3.31. The van der Waals surface area contributed by atoms with Crippen molar-refractivity contribution in [1.29, 1.82) is 0 Å². The van der Waals surface area contributed by atoms with Crippen LogP contribution in [0.4, 0.5) is 16.2 Å². The predicted molar refractivity (Wildman–Crippen MR) is 192 cm³/mol. The zero-order valence-corrected chi connectivity index (χ0v) is 30.3. The average molecular weight is 717 g/mol. The lowest BCUT2D eigenvalue weighted by Crippen LogP contribution is -2.51. The number of hydrogen-bond acceptors (Lipinski definition) is 7. The molecule has 3 rings (SSSR count). The fourth-order valence-corrected chi connectivity index (χ4v) is 7.63. The monoisotopic (exact) mass is 716 g/mol. The van der Waals surface area contributed by atoms with Crippen LogP contribution in [0.15, 0.2) is 48.5 Å². The van der Waals surface area contributed by atoms with Crippen LogP contribution in [0.3, 0.4) is 0 Å². The van der Waals surface area contributed by atoms with Crippen molar-refractivity contribution in [3.63, 3.8) is 0 Å². The number of imide groups is 1. The number of Topliss-reactive ketones (excluding diaryl/α,β-unsaturated/α-hetero) is 1. The molecule has 1 aliphatic heterocycles. The van der Waals surface area contributed by atoms with Crippen molar-refractivity contribution >= 4 is 62.3 Å². The molecule has 5 amide bonds. The van der Waals surface area contributed by atoms with E-state index in [0.29, 0.717) is 11.3 Å². The smallest absolute Gasteiger partial charge is 0.326 e. The second kappa shape index (κ2) is 19.4. The van der Waals surface area contributed by atoms with Gasteiger partial charge in [0.25, 0.3) is 11.8 Å². The minimum Gasteiger partial charge on any atom is -0.326 e. The summed E-state index contributed by atoms with van der Waals surface area (Å²) in [4.78, 5) is 66.8. The highest BCUT2D eigenvalue weighted by Crippen LogP contribution is 2.27. The maximum Gasteiger partial charge on any atom is 0.328 e. The van der Waals surface area contributed by atoms with Gasteiger partial charge in [0, 0.05) is 18.2 Å². The number of benzene rings is 2. The number of urea groups is 1. The van der Waals surface area contributed by atoms with Gasteiger partial charge in [0.05, 0.1) is 22.2 Å². The van der Waals surface area contributed by atoms with Crippen molar-refractivity contribution in [1.82, 2.24) is 9.80 Å². The first kappa shape index (κ1) is 39.7. The first-order valence-electron chi connectivity index (χ1n) is 17.1. The first-order valence-corrected chi connectivity index (χ1v) is 19.3. The summed E-state index contributed by atoms with van der Waals surface area (Å²) < 4.78 is 25.4. The molecule has 268 valence electrons. The van der Waals surface area contributed by atoms with E-state index in [9.17, 15) is 32.4 Å². The van der Waals surface area contributed by atoms with Crippen molar-refractivity contribution in [3.8, 4) is 0 Å². The standard InChI is InChI=1S/C36H49ClN4O7S/c1-4-5-6-7-8-9-10-11-12-16-21-49(47,48)25-26(2)34(44)38-29-19-20-30(37)31(22-29)39-35(45)33(27(3)42)41-32(43)24-40(36(41)46)23-28-17-14-13-15-18-28/h13-15,17-20,22,26,33H,4-12,16,21,23-25H2,1-3H3,(H,38,44)(H,39,45). The van der Waals surface area contributed by atoms with Crippen LogP contribution in [0.25, 0.3) is 0 Å². The zero-order chi connectivity index (χ0) is 36.0. The van der Waals surface area contributed by atoms with Gasteiger partial charge < -0.3 is 15.5 Å². The summed E-state index contributed by atoms with van der Waals surface area (Å²) in [6.07, 6.45) is 10.9. The molecule has 1 aliphatic rings. The van der Waals surface area contributed by atoms with Gasteiger partial charge in [-0.25, -0.2) is 18.1 Å². The van der Waals surface area contributed by atoms with Crippen LogP contribution in [-0.4, -0.2) is 71.8 Å². The molecule has 49 heavy (non-hydrogen) atoms. The molecule has 1 heterocycles. The maximum absolute atomic E-state index is 13.3. The molecule has 2 N–H and O–H groups in total. The second-order valence-electron chi connectivity index (χ2n) is 12.8. The molecule has 1 saturated heterocycles. The van der Waals surface area contributed by atoms with Gasteiger partial charge in [-0.1, -0.05) is 114 Å². The second-order valence-corrected chi connectivity index (χ2v) is 15.4. The van der Waals surface area contributed by atoms with Crippen molar-refractivity contribution in [2.45, 2.75) is 97.6 Å². The lowest BCUT2D eigenvalue weighted by atomic mass is 10.1. The Hall–Kier alpha value is -3.77. The van der Waals surface area contributed by atoms with Gasteiger partial charge in [0.2, 0.25) is 5.91 Å². The Balaban J connectivity index is 1.54. The Morgan fingerprint density at radius 2 is 1.47 bits per heavy atom. The Morgan fingerprint density at radius 1 is 0.857 bits per heavy atom. The summed E-state index contributed by atoms with van der Waals surface area (Å²) in [5.41, 5.74) is 1.03. The Labute approximate surface area is 295 Å². The quantitative estimate of drug-likeness (QED) is 0.0839. The predicted octanol–water partition coefficient (Wildman–Crippen LogP) is 6.61. The molecule has 13 heteroatoms. The number of sulfone groups is 1. The summed E-state index contributed by atoms with van der Waals surface area (Å²) in [6.45, 7) is 4.67. The number of nitrogens with one attached hydrogen (secondary N) is 2. The molecular formula is C36H49ClN4O7S. The van der Waals surface area contributed by atoms with Crippen LogP contribution in [0, 0.1) is 5.92 Å². The molecule has 1 fully saturated rings. The number of carbonyl (C=O) groups excluding carboxylic acids is 5.